The van der Waals surface area contributed by atoms with Crippen molar-refractivity contribution in [2.45, 2.75) is 206 Å². The quantitative estimate of drug-likeness (QED) is 0.0232. The fourth-order valence-electron chi connectivity index (χ4n) is 5.90. The van der Waals surface area contributed by atoms with E-state index in [1.54, 1.807) is 0 Å². The lowest BCUT2D eigenvalue weighted by molar-refractivity contribution is -0.161. The molecule has 0 fully saturated rings. The van der Waals surface area contributed by atoms with Gasteiger partial charge >= 0.3 is 25.7 Å². The number of esters is 2. The zero-order chi connectivity index (χ0) is 41.4. The van der Waals surface area contributed by atoms with Gasteiger partial charge in [-0.3, -0.25) is 23.4 Å². The number of allylic oxidation sites excluding steroid dienone is 6. The Bertz CT molecular complexity index is 1100. The Balaban J connectivity index is 4.39. The molecule has 3 unspecified atom stereocenters. The van der Waals surface area contributed by atoms with Crippen LogP contribution in [0.5, 0.6) is 0 Å². The van der Waals surface area contributed by atoms with Gasteiger partial charge in [0.15, 0.2) is 6.10 Å². The lowest BCUT2D eigenvalue weighted by Crippen LogP contribution is -2.34. The number of nitrogens with two attached hydrogens (primary N) is 1. The Hall–Kier alpha value is -2.30. The maximum atomic E-state index is 12.6. The highest BCUT2D eigenvalue weighted by Gasteiger charge is 2.28. The summed E-state index contributed by atoms with van der Waals surface area (Å²) in [5.41, 5.74) is 5.33. The predicted octanol–water partition coefficient (Wildman–Crippen LogP) is 11.6. The lowest BCUT2D eigenvalue weighted by Gasteiger charge is -2.20. The molecule has 11 nitrogen and oxygen atoms in total. The fourth-order valence-corrected chi connectivity index (χ4v) is 6.67. The molecule has 0 aliphatic carbocycles. The zero-order valence-corrected chi connectivity index (χ0v) is 36.1. The fraction of sp³-hybridized carbons (Fsp3) is 0.795. The summed E-state index contributed by atoms with van der Waals surface area (Å²) in [6.45, 7) is 2.76. The highest BCUT2D eigenvalue weighted by atomic mass is 31.2. The summed E-state index contributed by atoms with van der Waals surface area (Å²) < 4.78 is 32.7. The summed E-state index contributed by atoms with van der Waals surface area (Å²) in [5, 5.41) is 8.89. The molecule has 0 heterocycles. The molecular formula is C44H80NO10P. The van der Waals surface area contributed by atoms with Gasteiger partial charge < -0.3 is 25.2 Å². The van der Waals surface area contributed by atoms with Gasteiger partial charge in [0.25, 0.3) is 0 Å². The largest absolute Gasteiger partial charge is 0.480 e. The maximum absolute atomic E-state index is 12.6. The Kier molecular flexibility index (Phi) is 37.9. The minimum absolute atomic E-state index is 0.137. The summed E-state index contributed by atoms with van der Waals surface area (Å²) >= 11 is 0. The van der Waals surface area contributed by atoms with Crippen molar-refractivity contribution in [1.29, 1.82) is 0 Å². The van der Waals surface area contributed by atoms with Gasteiger partial charge in [0.05, 0.1) is 13.2 Å². The molecule has 0 aliphatic heterocycles. The van der Waals surface area contributed by atoms with E-state index < -0.39 is 51.1 Å². The van der Waals surface area contributed by atoms with Crippen molar-refractivity contribution < 1.29 is 47.5 Å². The molecule has 0 aromatic carbocycles. The lowest BCUT2D eigenvalue weighted by atomic mass is 10.0. The molecule has 0 aromatic heterocycles. The Labute approximate surface area is 340 Å². The minimum Gasteiger partial charge on any atom is -0.480 e. The second-order valence-electron chi connectivity index (χ2n) is 14.8. The summed E-state index contributed by atoms with van der Waals surface area (Å²) in [7, 11) is -4.72. The molecule has 0 rings (SSSR count). The molecule has 0 saturated carbocycles. The van der Waals surface area contributed by atoms with E-state index in [-0.39, 0.29) is 19.4 Å². The van der Waals surface area contributed by atoms with E-state index in [1.807, 2.05) is 0 Å². The monoisotopic (exact) mass is 814 g/mol. The van der Waals surface area contributed by atoms with Gasteiger partial charge in [-0.05, 0) is 51.4 Å². The van der Waals surface area contributed by atoms with Gasteiger partial charge in [-0.15, -0.1) is 0 Å². The van der Waals surface area contributed by atoms with Crippen molar-refractivity contribution in [3.63, 3.8) is 0 Å². The van der Waals surface area contributed by atoms with Crippen molar-refractivity contribution in [2.24, 2.45) is 5.73 Å². The number of carbonyl (C=O) groups excluding carboxylic acids is 2. The number of hydrogen-bond donors (Lipinski definition) is 3. The number of hydrogen-bond acceptors (Lipinski definition) is 9. The first-order valence-corrected chi connectivity index (χ1v) is 23.5. The number of phosphoric acid groups is 1. The van der Waals surface area contributed by atoms with Crippen LogP contribution >= 0.6 is 7.82 Å². The van der Waals surface area contributed by atoms with Crippen LogP contribution in [0.4, 0.5) is 0 Å². The van der Waals surface area contributed by atoms with E-state index in [1.165, 1.54) is 89.9 Å². The molecule has 0 aromatic rings. The number of unbranched alkanes of at least 4 members (excludes halogenated alkanes) is 21. The molecule has 12 heteroatoms. The molecule has 0 saturated heterocycles. The number of phosphoric ester groups is 1. The van der Waals surface area contributed by atoms with Crippen LogP contribution in [0.3, 0.4) is 0 Å². The average Bonchev–Trinajstić information content (AvgIpc) is 3.17. The first-order valence-electron chi connectivity index (χ1n) is 22.0. The molecule has 0 spiro atoms. The van der Waals surface area contributed by atoms with Crippen LogP contribution < -0.4 is 5.73 Å². The van der Waals surface area contributed by atoms with Crippen molar-refractivity contribution in [3.8, 4) is 0 Å². The second-order valence-corrected chi connectivity index (χ2v) is 16.3. The van der Waals surface area contributed by atoms with E-state index >= 15 is 0 Å². The number of aliphatic carboxylic acids is 1. The Morgan fingerprint density at radius 3 is 1.45 bits per heavy atom. The highest BCUT2D eigenvalue weighted by molar-refractivity contribution is 7.47. The van der Waals surface area contributed by atoms with E-state index in [9.17, 15) is 23.8 Å². The summed E-state index contributed by atoms with van der Waals surface area (Å²) in [6.07, 6.45) is 42.0. The third kappa shape index (κ3) is 38.6. The predicted molar refractivity (Wildman–Crippen MR) is 226 cm³/mol. The van der Waals surface area contributed by atoms with Gasteiger partial charge in [0.1, 0.15) is 12.6 Å². The van der Waals surface area contributed by atoms with Crippen LogP contribution in [0, 0.1) is 0 Å². The standard InChI is InChI=1S/C44H80NO10P/c1-3-5-7-9-11-13-15-17-19-20-22-24-26-28-30-32-34-36-43(47)55-40(38-53-56(50,51)54-39-41(45)44(48)49)37-52-42(46)35-33-31-29-27-25-23-21-18-16-14-12-10-8-6-4-2/h11,13,17,19,22,24,40-41H,3-10,12,14-16,18,20-21,23,25-39,45H2,1-2H3,(H,48,49)(H,50,51). The second kappa shape index (κ2) is 39.5. The molecule has 0 amide bonds. The van der Waals surface area contributed by atoms with E-state index in [4.69, 9.17) is 24.8 Å². The van der Waals surface area contributed by atoms with Crippen molar-refractivity contribution in [3.05, 3.63) is 36.5 Å². The first-order chi connectivity index (χ1) is 27.1. The van der Waals surface area contributed by atoms with Crippen molar-refractivity contribution >= 4 is 25.7 Å². The smallest absolute Gasteiger partial charge is 0.472 e. The van der Waals surface area contributed by atoms with Crippen molar-refractivity contribution in [1.82, 2.24) is 0 Å². The van der Waals surface area contributed by atoms with Crippen LogP contribution in [-0.2, 0) is 37.5 Å². The van der Waals surface area contributed by atoms with Crippen molar-refractivity contribution in [2.75, 3.05) is 19.8 Å². The minimum atomic E-state index is -4.72. The SMILES string of the molecule is CCCCCC=CCC=CCC=CCCCCCCC(=O)OC(COC(=O)CCCCCCCCCCCCCCCCC)COP(=O)(O)OCC(N)C(=O)O. The number of carboxylic acids is 1. The molecule has 326 valence electrons. The van der Waals surface area contributed by atoms with Gasteiger partial charge in [-0.25, -0.2) is 4.57 Å². The third-order valence-electron chi connectivity index (χ3n) is 9.39. The van der Waals surface area contributed by atoms with Gasteiger partial charge in [-0.1, -0.05) is 166 Å². The topological polar surface area (TPSA) is 172 Å². The molecule has 56 heavy (non-hydrogen) atoms. The number of carboxylic acid groups (broad SMARTS) is 1. The number of rotatable bonds is 41. The molecule has 0 bridgehead atoms. The molecule has 4 N–H and O–H groups in total. The molecule has 0 aliphatic rings. The zero-order valence-electron chi connectivity index (χ0n) is 35.2. The van der Waals surface area contributed by atoms with Crippen LogP contribution in [0.25, 0.3) is 0 Å². The highest BCUT2D eigenvalue weighted by Crippen LogP contribution is 2.43. The number of ether oxygens (including phenoxy) is 2. The maximum Gasteiger partial charge on any atom is 0.472 e. The first kappa shape index (κ1) is 53.7. The van der Waals surface area contributed by atoms with Crippen LogP contribution in [0.1, 0.15) is 194 Å². The van der Waals surface area contributed by atoms with E-state index in [0.29, 0.717) is 12.8 Å². The normalized spacial score (nSPS) is 14.1. The third-order valence-corrected chi connectivity index (χ3v) is 10.3. The van der Waals surface area contributed by atoms with Crippen LogP contribution in [0.2, 0.25) is 0 Å². The Morgan fingerprint density at radius 1 is 0.554 bits per heavy atom. The summed E-state index contributed by atoms with van der Waals surface area (Å²) in [5.74, 6) is -2.40. The molecule has 0 radical (unpaired) electrons. The van der Waals surface area contributed by atoms with Gasteiger partial charge in [0, 0.05) is 12.8 Å². The van der Waals surface area contributed by atoms with E-state index in [0.717, 1.165) is 64.2 Å². The van der Waals surface area contributed by atoms with E-state index in [2.05, 4.69) is 54.8 Å². The summed E-state index contributed by atoms with van der Waals surface area (Å²) in [4.78, 5) is 45.9. The summed E-state index contributed by atoms with van der Waals surface area (Å²) in [6, 6.07) is -1.52. The Morgan fingerprint density at radius 2 is 0.946 bits per heavy atom. The van der Waals surface area contributed by atoms with Gasteiger partial charge in [-0.2, -0.15) is 0 Å². The van der Waals surface area contributed by atoms with Crippen LogP contribution in [0.15, 0.2) is 36.5 Å². The van der Waals surface area contributed by atoms with Gasteiger partial charge in [0.2, 0.25) is 0 Å². The molecular weight excluding hydrogens is 733 g/mol. The molecule has 3 atom stereocenters. The number of carbonyl (C=O) groups is 3. The van der Waals surface area contributed by atoms with Crippen LogP contribution in [-0.4, -0.2) is 59.9 Å². The average molecular weight is 814 g/mol.